The van der Waals surface area contributed by atoms with Gasteiger partial charge in [0.15, 0.2) is 0 Å². The van der Waals surface area contributed by atoms with Crippen molar-refractivity contribution in [3.05, 3.63) is 35.0 Å². The van der Waals surface area contributed by atoms with Gasteiger partial charge in [-0.05, 0) is 24.1 Å². The minimum atomic E-state index is -1.06. The summed E-state index contributed by atoms with van der Waals surface area (Å²) in [7, 11) is 0. The molecule has 7 heteroatoms. The second-order valence-electron chi connectivity index (χ2n) is 4.83. The van der Waals surface area contributed by atoms with Crippen LogP contribution in [0.5, 0.6) is 0 Å². The van der Waals surface area contributed by atoms with Crippen molar-refractivity contribution < 1.29 is 14.7 Å². The number of thiocarbonyl (C=S) groups is 1. The first kappa shape index (κ1) is 15.7. The number of hydrogen-bond acceptors (Lipinski definition) is 5. The van der Waals surface area contributed by atoms with Crippen LogP contribution >= 0.6 is 24.0 Å². The van der Waals surface area contributed by atoms with E-state index in [0.717, 1.165) is 11.8 Å². The molecule has 0 spiro atoms. The van der Waals surface area contributed by atoms with Crippen molar-refractivity contribution in [2.24, 2.45) is 5.92 Å². The van der Waals surface area contributed by atoms with Gasteiger partial charge >= 0.3 is 5.97 Å². The minimum absolute atomic E-state index is 0.237. The minimum Gasteiger partial charge on any atom is -0.480 e. The van der Waals surface area contributed by atoms with Gasteiger partial charge in [0, 0.05) is 6.20 Å². The zero-order valence-electron chi connectivity index (χ0n) is 11.5. The number of carboxylic acid groups (broad SMARTS) is 1. The number of rotatable bonds is 4. The molecule has 1 aromatic rings. The highest BCUT2D eigenvalue weighted by molar-refractivity contribution is 8.26. The average molecular weight is 322 g/mol. The third-order valence-corrected chi connectivity index (χ3v) is 4.28. The van der Waals surface area contributed by atoms with Gasteiger partial charge in [0.25, 0.3) is 5.91 Å². The molecule has 1 unspecified atom stereocenters. The second-order valence-corrected chi connectivity index (χ2v) is 6.51. The Hall–Kier alpha value is -1.73. The highest BCUT2D eigenvalue weighted by atomic mass is 32.2. The second kappa shape index (κ2) is 6.36. The lowest BCUT2D eigenvalue weighted by Gasteiger charge is -2.26. The van der Waals surface area contributed by atoms with Gasteiger partial charge in [0.05, 0.1) is 10.6 Å². The Kier molecular flexibility index (Phi) is 4.74. The number of aromatic nitrogens is 1. The van der Waals surface area contributed by atoms with Crippen LogP contribution < -0.4 is 0 Å². The highest BCUT2D eigenvalue weighted by Gasteiger charge is 2.41. The maximum Gasteiger partial charge on any atom is 0.327 e. The number of carbonyl (C=O) groups is 2. The summed E-state index contributed by atoms with van der Waals surface area (Å²) in [5.74, 6) is -1.67. The molecular weight excluding hydrogens is 308 g/mol. The number of pyridine rings is 1. The first-order valence-corrected chi connectivity index (χ1v) is 7.55. The van der Waals surface area contributed by atoms with E-state index in [1.54, 1.807) is 38.3 Å². The fourth-order valence-corrected chi connectivity index (χ4v) is 3.32. The molecule has 2 heterocycles. The third kappa shape index (κ3) is 3.30. The van der Waals surface area contributed by atoms with Crippen LogP contribution in [-0.4, -0.2) is 37.2 Å². The topological polar surface area (TPSA) is 70.5 Å². The van der Waals surface area contributed by atoms with Crippen LogP contribution in [0.25, 0.3) is 6.08 Å². The molecule has 1 aliphatic rings. The van der Waals surface area contributed by atoms with Crippen LogP contribution in [0.15, 0.2) is 29.3 Å². The molecule has 1 saturated heterocycles. The molecule has 0 aliphatic carbocycles. The molecule has 1 aliphatic heterocycles. The molecule has 0 bridgehead atoms. The fourth-order valence-electron chi connectivity index (χ4n) is 2.01. The van der Waals surface area contributed by atoms with Crippen molar-refractivity contribution in [3.63, 3.8) is 0 Å². The van der Waals surface area contributed by atoms with Gasteiger partial charge in [-0.3, -0.25) is 14.7 Å². The van der Waals surface area contributed by atoms with Gasteiger partial charge in [0.2, 0.25) is 0 Å². The number of hydrogen-bond donors (Lipinski definition) is 1. The summed E-state index contributed by atoms with van der Waals surface area (Å²) in [4.78, 5) is 29.5. The first-order chi connectivity index (χ1) is 9.91. The largest absolute Gasteiger partial charge is 0.480 e. The Morgan fingerprint density at radius 1 is 1.48 bits per heavy atom. The Labute approximate surface area is 132 Å². The summed E-state index contributed by atoms with van der Waals surface area (Å²) in [6.07, 6.45) is 3.25. The van der Waals surface area contributed by atoms with E-state index < -0.39 is 12.0 Å². The predicted molar refractivity (Wildman–Crippen MR) is 85.5 cm³/mol. The first-order valence-electron chi connectivity index (χ1n) is 6.32. The van der Waals surface area contributed by atoms with Crippen LogP contribution in [-0.2, 0) is 9.59 Å². The van der Waals surface area contributed by atoms with Crippen molar-refractivity contribution in [3.8, 4) is 0 Å². The predicted octanol–water partition coefficient (Wildman–Crippen LogP) is 2.39. The Balaban J connectivity index is 2.32. The highest BCUT2D eigenvalue weighted by Crippen LogP contribution is 2.35. The number of carboxylic acids is 1. The lowest BCUT2D eigenvalue weighted by molar-refractivity contribution is -0.146. The standard InChI is InChI=1S/C14H14N2O3S2/c1-8(2)11(13(18)19)16-12(17)10(21-14(16)20)7-9-5-3-4-6-15-9/h3-8,11H,1-2H3,(H,18,19)/b10-7-. The fraction of sp³-hybridized carbons (Fsp3) is 0.286. The summed E-state index contributed by atoms with van der Waals surface area (Å²) < 4.78 is 0.267. The van der Waals surface area contributed by atoms with Gasteiger partial charge < -0.3 is 5.11 Å². The van der Waals surface area contributed by atoms with Crippen molar-refractivity contribution >= 4 is 46.3 Å². The molecule has 1 N–H and O–H groups in total. The van der Waals surface area contributed by atoms with Crippen LogP contribution in [0.4, 0.5) is 0 Å². The molecule has 2 rings (SSSR count). The average Bonchev–Trinajstić information content (AvgIpc) is 2.67. The summed E-state index contributed by atoms with van der Waals surface area (Å²) in [6, 6.07) is 4.41. The normalized spacial score (nSPS) is 18.6. The van der Waals surface area contributed by atoms with Crippen molar-refractivity contribution in [2.45, 2.75) is 19.9 Å². The molecule has 1 amide bonds. The molecule has 0 aromatic carbocycles. The number of carbonyl (C=O) groups excluding carboxylic acids is 1. The van der Waals surface area contributed by atoms with Crippen LogP contribution in [0.3, 0.4) is 0 Å². The smallest absolute Gasteiger partial charge is 0.327 e. The monoisotopic (exact) mass is 322 g/mol. The summed E-state index contributed by atoms with van der Waals surface area (Å²) >= 11 is 6.27. The van der Waals surface area contributed by atoms with E-state index >= 15 is 0 Å². The van der Waals surface area contributed by atoms with Crippen LogP contribution in [0, 0.1) is 5.92 Å². The summed E-state index contributed by atoms with van der Waals surface area (Å²) in [6.45, 7) is 3.50. The molecule has 0 radical (unpaired) electrons. The van der Waals surface area contributed by atoms with E-state index in [9.17, 15) is 14.7 Å². The molecule has 1 aromatic heterocycles. The van der Waals surface area contributed by atoms with Gasteiger partial charge in [-0.1, -0.05) is 43.9 Å². The van der Waals surface area contributed by atoms with Gasteiger partial charge in [0.1, 0.15) is 10.4 Å². The Morgan fingerprint density at radius 3 is 2.71 bits per heavy atom. The molecule has 21 heavy (non-hydrogen) atoms. The maximum absolute atomic E-state index is 12.4. The zero-order valence-corrected chi connectivity index (χ0v) is 13.1. The van der Waals surface area contributed by atoms with Gasteiger partial charge in [-0.25, -0.2) is 4.79 Å². The van der Waals surface area contributed by atoms with E-state index in [1.807, 2.05) is 6.07 Å². The van der Waals surface area contributed by atoms with Crippen molar-refractivity contribution in [2.75, 3.05) is 0 Å². The molecule has 1 fully saturated rings. The van der Waals surface area contributed by atoms with E-state index in [2.05, 4.69) is 4.98 Å². The summed E-state index contributed by atoms with van der Waals surface area (Å²) in [5.41, 5.74) is 0.634. The lowest BCUT2D eigenvalue weighted by atomic mass is 10.0. The van der Waals surface area contributed by atoms with Crippen molar-refractivity contribution in [1.29, 1.82) is 0 Å². The van der Waals surface area contributed by atoms with Gasteiger partial charge in [-0.2, -0.15) is 0 Å². The van der Waals surface area contributed by atoms with E-state index in [0.29, 0.717) is 10.6 Å². The van der Waals surface area contributed by atoms with Crippen LogP contribution in [0.2, 0.25) is 0 Å². The molecule has 1 atom stereocenters. The van der Waals surface area contributed by atoms with E-state index in [4.69, 9.17) is 12.2 Å². The third-order valence-electron chi connectivity index (χ3n) is 2.95. The van der Waals surface area contributed by atoms with E-state index in [-0.39, 0.29) is 16.1 Å². The molecule has 0 saturated carbocycles. The zero-order chi connectivity index (χ0) is 15.6. The number of aliphatic carboxylic acids is 1. The Bertz CT molecular complexity index is 614. The number of nitrogens with zero attached hydrogens (tertiary/aromatic N) is 2. The quantitative estimate of drug-likeness (QED) is 0.678. The lowest BCUT2D eigenvalue weighted by Crippen LogP contribution is -2.47. The number of thioether (sulfide) groups is 1. The molecule has 5 nitrogen and oxygen atoms in total. The SMILES string of the molecule is CC(C)C(C(=O)O)N1C(=O)/C(=C/c2ccccn2)SC1=S. The maximum atomic E-state index is 12.4. The molecule has 110 valence electrons. The van der Waals surface area contributed by atoms with Crippen molar-refractivity contribution in [1.82, 2.24) is 9.88 Å². The number of amides is 1. The van der Waals surface area contributed by atoms with E-state index in [1.165, 1.54) is 4.90 Å². The van der Waals surface area contributed by atoms with Gasteiger partial charge in [-0.15, -0.1) is 0 Å². The van der Waals surface area contributed by atoms with Crippen LogP contribution in [0.1, 0.15) is 19.5 Å². The molecular formula is C14H14N2O3S2. The summed E-state index contributed by atoms with van der Waals surface area (Å²) in [5, 5.41) is 9.32. The Morgan fingerprint density at radius 2 is 2.19 bits per heavy atom.